The lowest BCUT2D eigenvalue weighted by Gasteiger charge is -2.01. The third kappa shape index (κ3) is 2.38. The van der Waals surface area contributed by atoms with Gasteiger partial charge in [0.25, 0.3) is 0 Å². The van der Waals surface area contributed by atoms with Gasteiger partial charge in [-0.15, -0.1) is 0 Å². The Morgan fingerprint density at radius 1 is 0.950 bits per heavy atom. The number of anilines is 2. The van der Waals surface area contributed by atoms with Crippen molar-refractivity contribution in [3.63, 3.8) is 0 Å². The Labute approximate surface area is 113 Å². The number of hydrogen-bond acceptors (Lipinski definition) is 3. The summed E-state index contributed by atoms with van der Waals surface area (Å²) in [6.45, 7) is 0. The summed E-state index contributed by atoms with van der Waals surface area (Å²) < 4.78 is 26.1. The van der Waals surface area contributed by atoms with Gasteiger partial charge in [-0.3, -0.25) is 4.79 Å². The van der Waals surface area contributed by atoms with E-state index in [0.717, 1.165) is 29.6 Å². The molecule has 20 heavy (non-hydrogen) atoms. The molecule has 2 aromatic carbocycles. The van der Waals surface area contributed by atoms with Gasteiger partial charge in [0.1, 0.15) is 17.5 Å². The average Bonchev–Trinajstić information content (AvgIpc) is 2.79. The van der Waals surface area contributed by atoms with Crippen molar-refractivity contribution in [3.05, 3.63) is 71.6 Å². The first kappa shape index (κ1) is 12.3. The molecule has 0 unspecified atom stereocenters. The van der Waals surface area contributed by atoms with E-state index in [1.807, 2.05) is 24.3 Å². The van der Waals surface area contributed by atoms with Crippen LogP contribution >= 0.6 is 0 Å². The molecule has 0 amide bonds. The number of nitrogens with one attached hydrogen (secondary N) is 2. The van der Waals surface area contributed by atoms with Gasteiger partial charge in [0.05, 0.1) is 11.4 Å². The molecule has 3 rings (SSSR count). The highest BCUT2D eigenvalue weighted by atomic mass is 19.1. The fourth-order valence-electron chi connectivity index (χ4n) is 2.01. The van der Waals surface area contributed by atoms with Crippen molar-refractivity contribution in [2.75, 3.05) is 10.6 Å². The molecule has 0 fully saturated rings. The van der Waals surface area contributed by atoms with Crippen molar-refractivity contribution < 1.29 is 13.6 Å². The number of allylic oxidation sites excluding steroid dienone is 1. The highest BCUT2D eigenvalue weighted by Gasteiger charge is 2.15. The van der Waals surface area contributed by atoms with Gasteiger partial charge < -0.3 is 10.6 Å². The quantitative estimate of drug-likeness (QED) is 0.649. The number of para-hydroxylation sites is 2. The summed E-state index contributed by atoms with van der Waals surface area (Å²) in [6, 6.07) is 10.2. The Hall–Kier alpha value is -2.69. The molecule has 0 spiro atoms. The lowest BCUT2D eigenvalue weighted by atomic mass is 10.1. The fourth-order valence-corrected chi connectivity index (χ4v) is 2.01. The van der Waals surface area contributed by atoms with E-state index in [4.69, 9.17) is 0 Å². The van der Waals surface area contributed by atoms with Gasteiger partial charge in [0, 0.05) is 17.7 Å². The van der Waals surface area contributed by atoms with Crippen molar-refractivity contribution in [1.82, 2.24) is 0 Å². The van der Waals surface area contributed by atoms with Crippen LogP contribution in [0.1, 0.15) is 10.4 Å². The molecule has 0 atom stereocenters. The molecule has 0 saturated carbocycles. The number of hydrogen-bond donors (Lipinski definition) is 2. The summed E-state index contributed by atoms with van der Waals surface area (Å²) in [4.78, 5) is 12.0. The van der Waals surface area contributed by atoms with E-state index in [1.165, 1.54) is 6.08 Å². The first-order chi connectivity index (χ1) is 9.61. The number of halogens is 2. The van der Waals surface area contributed by atoms with E-state index < -0.39 is 17.4 Å². The summed E-state index contributed by atoms with van der Waals surface area (Å²) in [5.74, 6) is -1.56. The van der Waals surface area contributed by atoms with Crippen LogP contribution in [0.4, 0.5) is 20.2 Å². The molecule has 1 aliphatic rings. The highest BCUT2D eigenvalue weighted by molar-refractivity contribution is 6.06. The van der Waals surface area contributed by atoms with E-state index in [1.54, 1.807) is 0 Å². The Bertz CT molecular complexity index is 678. The molecule has 2 aromatic rings. The molecule has 0 saturated heterocycles. The summed E-state index contributed by atoms with van der Waals surface area (Å²) in [6.07, 6.45) is 1.27. The van der Waals surface area contributed by atoms with E-state index in [-0.39, 0.29) is 5.56 Å². The molecule has 5 heteroatoms. The SMILES string of the molecule is O=C(C=C1Nc2ccccc2N1)c1cc(F)cc(F)c1. The van der Waals surface area contributed by atoms with Gasteiger partial charge in [-0.1, -0.05) is 12.1 Å². The zero-order valence-corrected chi connectivity index (χ0v) is 10.3. The number of carbonyl (C=O) groups excluding carboxylic acids is 1. The van der Waals surface area contributed by atoms with Crippen LogP contribution in [0.3, 0.4) is 0 Å². The van der Waals surface area contributed by atoms with Crippen molar-refractivity contribution in [3.8, 4) is 0 Å². The smallest absolute Gasteiger partial charge is 0.189 e. The molecule has 1 heterocycles. The maximum Gasteiger partial charge on any atom is 0.189 e. The van der Waals surface area contributed by atoms with Gasteiger partial charge in [0.15, 0.2) is 5.78 Å². The van der Waals surface area contributed by atoms with Crippen LogP contribution in [0.2, 0.25) is 0 Å². The Kier molecular flexibility index (Phi) is 2.95. The standard InChI is InChI=1S/C15H10F2N2O/c16-10-5-9(6-11(17)7-10)14(20)8-15-18-12-3-1-2-4-13(12)19-15/h1-8,18-19H. The van der Waals surface area contributed by atoms with E-state index in [2.05, 4.69) is 10.6 Å². The maximum atomic E-state index is 13.1. The number of carbonyl (C=O) groups is 1. The van der Waals surface area contributed by atoms with Crippen molar-refractivity contribution >= 4 is 17.2 Å². The predicted molar refractivity (Wildman–Crippen MR) is 72.5 cm³/mol. The summed E-state index contributed by atoms with van der Waals surface area (Å²) in [5, 5.41) is 6.01. The lowest BCUT2D eigenvalue weighted by Crippen LogP contribution is -2.05. The van der Waals surface area contributed by atoms with Gasteiger partial charge in [-0.2, -0.15) is 0 Å². The molecule has 1 aliphatic heterocycles. The number of rotatable bonds is 2. The van der Waals surface area contributed by atoms with E-state index >= 15 is 0 Å². The third-order valence-corrected chi connectivity index (χ3v) is 2.89. The Morgan fingerprint density at radius 2 is 1.50 bits per heavy atom. The molecule has 3 nitrogen and oxygen atoms in total. The second-order valence-corrected chi connectivity index (χ2v) is 4.38. The van der Waals surface area contributed by atoms with E-state index in [9.17, 15) is 13.6 Å². The number of fused-ring (bicyclic) bond motifs is 1. The molecule has 100 valence electrons. The van der Waals surface area contributed by atoms with Gasteiger partial charge in [-0.25, -0.2) is 8.78 Å². The minimum atomic E-state index is -0.776. The Morgan fingerprint density at radius 3 is 2.05 bits per heavy atom. The molecule has 2 N–H and O–H groups in total. The van der Waals surface area contributed by atoms with Crippen LogP contribution in [0.25, 0.3) is 0 Å². The van der Waals surface area contributed by atoms with Crippen LogP contribution in [-0.4, -0.2) is 5.78 Å². The largest absolute Gasteiger partial charge is 0.340 e. The predicted octanol–water partition coefficient (Wildman–Crippen LogP) is 3.53. The number of benzene rings is 2. The van der Waals surface area contributed by atoms with Crippen LogP contribution in [0, 0.1) is 11.6 Å². The van der Waals surface area contributed by atoms with Crippen molar-refractivity contribution in [1.29, 1.82) is 0 Å². The monoisotopic (exact) mass is 272 g/mol. The first-order valence-electron chi connectivity index (χ1n) is 5.97. The van der Waals surface area contributed by atoms with Crippen molar-refractivity contribution in [2.24, 2.45) is 0 Å². The maximum absolute atomic E-state index is 13.1. The number of ketones is 1. The molecule has 0 aromatic heterocycles. The van der Waals surface area contributed by atoms with Crippen molar-refractivity contribution in [2.45, 2.75) is 0 Å². The third-order valence-electron chi connectivity index (χ3n) is 2.89. The van der Waals surface area contributed by atoms with Gasteiger partial charge in [0.2, 0.25) is 0 Å². The van der Waals surface area contributed by atoms with E-state index in [0.29, 0.717) is 5.82 Å². The molecule has 0 radical (unpaired) electrons. The average molecular weight is 272 g/mol. The lowest BCUT2D eigenvalue weighted by molar-refractivity contribution is 0.104. The van der Waals surface area contributed by atoms with Crippen LogP contribution in [0.15, 0.2) is 54.4 Å². The van der Waals surface area contributed by atoms with Gasteiger partial charge in [-0.05, 0) is 24.3 Å². The van der Waals surface area contributed by atoms with Crippen LogP contribution < -0.4 is 10.6 Å². The van der Waals surface area contributed by atoms with Gasteiger partial charge >= 0.3 is 0 Å². The summed E-state index contributed by atoms with van der Waals surface area (Å²) >= 11 is 0. The molecule has 0 bridgehead atoms. The second kappa shape index (κ2) is 4.77. The second-order valence-electron chi connectivity index (χ2n) is 4.38. The summed E-state index contributed by atoms with van der Waals surface area (Å²) in [7, 11) is 0. The fraction of sp³-hybridized carbons (Fsp3) is 0. The minimum Gasteiger partial charge on any atom is -0.340 e. The van der Waals surface area contributed by atoms with Crippen LogP contribution in [0.5, 0.6) is 0 Å². The zero-order chi connectivity index (χ0) is 14.1. The highest BCUT2D eigenvalue weighted by Crippen LogP contribution is 2.29. The molecular formula is C15H10F2N2O. The molecule has 0 aliphatic carbocycles. The normalized spacial score (nSPS) is 12.4. The minimum absolute atomic E-state index is 0.0328. The van der Waals surface area contributed by atoms with Crippen LogP contribution in [-0.2, 0) is 0 Å². The Balaban J connectivity index is 1.85. The summed E-state index contributed by atoms with van der Waals surface area (Å²) in [5.41, 5.74) is 1.66. The zero-order valence-electron chi connectivity index (χ0n) is 10.3. The molecular weight excluding hydrogens is 262 g/mol. The first-order valence-corrected chi connectivity index (χ1v) is 5.97. The topological polar surface area (TPSA) is 41.1 Å².